The van der Waals surface area contributed by atoms with Crippen molar-refractivity contribution in [1.29, 1.82) is 0 Å². The van der Waals surface area contributed by atoms with E-state index in [1.165, 1.54) is 17.0 Å². The van der Waals surface area contributed by atoms with Gasteiger partial charge in [-0.1, -0.05) is 54.6 Å². The van der Waals surface area contributed by atoms with Crippen LogP contribution in [0.25, 0.3) is 0 Å². The van der Waals surface area contributed by atoms with E-state index in [4.69, 9.17) is 0 Å². The van der Waals surface area contributed by atoms with Crippen molar-refractivity contribution in [3.8, 4) is 0 Å². The first-order valence-corrected chi connectivity index (χ1v) is 11.4. The SMILES string of the molecule is Cc1ccccc1NS(=O)(=O)c1ccc(C)c(C(=O)N(CCO)Cc2ccccc2)c1. The number of nitrogens with zero attached hydrogens (tertiary/aromatic N) is 1. The molecule has 1 amide bonds. The van der Waals surface area contributed by atoms with Gasteiger partial charge in [-0.3, -0.25) is 9.52 Å². The van der Waals surface area contributed by atoms with E-state index < -0.39 is 10.0 Å². The number of sulfonamides is 1. The molecule has 162 valence electrons. The molecule has 0 radical (unpaired) electrons. The van der Waals surface area contributed by atoms with Crippen molar-refractivity contribution in [2.45, 2.75) is 25.3 Å². The number of nitrogens with one attached hydrogen (secondary N) is 1. The Morgan fingerprint density at radius 3 is 2.29 bits per heavy atom. The summed E-state index contributed by atoms with van der Waals surface area (Å²) in [6.45, 7) is 3.85. The summed E-state index contributed by atoms with van der Waals surface area (Å²) in [7, 11) is -3.88. The second kappa shape index (κ2) is 9.76. The lowest BCUT2D eigenvalue weighted by atomic mass is 10.1. The van der Waals surface area contributed by atoms with Crippen LogP contribution in [0.4, 0.5) is 5.69 Å². The molecule has 0 fully saturated rings. The van der Waals surface area contributed by atoms with Gasteiger partial charge in [0.15, 0.2) is 0 Å². The van der Waals surface area contributed by atoms with Crippen molar-refractivity contribution in [1.82, 2.24) is 4.90 Å². The maximum absolute atomic E-state index is 13.3. The summed E-state index contributed by atoms with van der Waals surface area (Å²) >= 11 is 0. The van der Waals surface area contributed by atoms with Crippen molar-refractivity contribution in [3.63, 3.8) is 0 Å². The number of hydrogen-bond donors (Lipinski definition) is 2. The van der Waals surface area contributed by atoms with Crippen LogP contribution in [-0.2, 0) is 16.6 Å². The van der Waals surface area contributed by atoms with Gasteiger partial charge >= 0.3 is 0 Å². The molecule has 0 bridgehead atoms. The Kier molecular flexibility index (Phi) is 7.09. The van der Waals surface area contributed by atoms with Crippen molar-refractivity contribution >= 4 is 21.6 Å². The summed E-state index contributed by atoms with van der Waals surface area (Å²) in [5.74, 6) is -0.330. The van der Waals surface area contributed by atoms with Crippen LogP contribution >= 0.6 is 0 Å². The first-order valence-electron chi connectivity index (χ1n) is 9.95. The zero-order valence-electron chi connectivity index (χ0n) is 17.6. The minimum atomic E-state index is -3.88. The normalized spacial score (nSPS) is 11.2. The molecule has 6 nitrogen and oxygen atoms in total. The third-order valence-electron chi connectivity index (χ3n) is 5.01. The van der Waals surface area contributed by atoms with Gasteiger partial charge in [-0.15, -0.1) is 0 Å². The fourth-order valence-corrected chi connectivity index (χ4v) is 4.39. The molecule has 31 heavy (non-hydrogen) atoms. The average molecular weight is 439 g/mol. The van der Waals surface area contributed by atoms with Crippen LogP contribution in [0.1, 0.15) is 27.0 Å². The molecule has 0 saturated heterocycles. The van der Waals surface area contributed by atoms with Crippen LogP contribution < -0.4 is 4.72 Å². The average Bonchev–Trinajstić information content (AvgIpc) is 2.75. The Balaban J connectivity index is 1.91. The number of aliphatic hydroxyl groups is 1. The van der Waals surface area contributed by atoms with E-state index in [1.54, 1.807) is 25.1 Å². The summed E-state index contributed by atoms with van der Waals surface area (Å²) in [5.41, 5.74) is 3.16. The number of benzene rings is 3. The monoisotopic (exact) mass is 438 g/mol. The van der Waals surface area contributed by atoms with Crippen LogP contribution in [0, 0.1) is 13.8 Å². The number of amides is 1. The highest BCUT2D eigenvalue weighted by atomic mass is 32.2. The maximum atomic E-state index is 13.3. The summed E-state index contributed by atoms with van der Waals surface area (Å²) in [4.78, 5) is 14.8. The van der Waals surface area contributed by atoms with E-state index in [1.807, 2.05) is 49.4 Å². The van der Waals surface area contributed by atoms with E-state index >= 15 is 0 Å². The molecular formula is C24H26N2O4S. The number of carbonyl (C=O) groups is 1. The Labute approximate surface area is 183 Å². The Morgan fingerprint density at radius 1 is 0.935 bits per heavy atom. The predicted octanol–water partition coefficient (Wildman–Crippen LogP) is 3.74. The molecule has 0 aliphatic heterocycles. The number of aliphatic hydroxyl groups excluding tert-OH is 1. The van der Waals surface area contributed by atoms with E-state index in [2.05, 4.69) is 4.72 Å². The van der Waals surface area contributed by atoms with E-state index in [0.29, 0.717) is 17.8 Å². The van der Waals surface area contributed by atoms with Gasteiger partial charge in [0.2, 0.25) is 0 Å². The highest BCUT2D eigenvalue weighted by Crippen LogP contribution is 2.22. The first kappa shape index (κ1) is 22.5. The smallest absolute Gasteiger partial charge is 0.261 e. The molecule has 3 aromatic carbocycles. The number of para-hydroxylation sites is 1. The number of hydrogen-bond acceptors (Lipinski definition) is 4. The molecule has 0 unspecified atom stereocenters. The molecule has 0 aromatic heterocycles. The molecule has 0 saturated carbocycles. The largest absolute Gasteiger partial charge is 0.395 e. The molecule has 0 atom stereocenters. The van der Waals surface area contributed by atoms with E-state index in [-0.39, 0.29) is 29.5 Å². The first-order chi connectivity index (χ1) is 14.8. The van der Waals surface area contributed by atoms with Gasteiger partial charge in [0.1, 0.15) is 0 Å². The second-order valence-corrected chi connectivity index (χ2v) is 9.02. The molecule has 2 N–H and O–H groups in total. The number of aryl methyl sites for hydroxylation is 2. The Morgan fingerprint density at radius 2 is 1.61 bits per heavy atom. The lowest BCUT2D eigenvalue weighted by Gasteiger charge is -2.23. The Bertz CT molecular complexity index is 1160. The number of carbonyl (C=O) groups excluding carboxylic acids is 1. The molecular weight excluding hydrogens is 412 g/mol. The van der Waals surface area contributed by atoms with Gasteiger partial charge in [-0.05, 0) is 48.7 Å². The van der Waals surface area contributed by atoms with Crippen LogP contribution in [0.2, 0.25) is 0 Å². The molecule has 0 heterocycles. The van der Waals surface area contributed by atoms with Gasteiger partial charge in [-0.2, -0.15) is 0 Å². The summed E-state index contributed by atoms with van der Waals surface area (Å²) in [6, 6.07) is 21.1. The van der Waals surface area contributed by atoms with Gasteiger partial charge in [0, 0.05) is 18.7 Å². The quantitative estimate of drug-likeness (QED) is 0.561. The third-order valence-corrected chi connectivity index (χ3v) is 6.38. The van der Waals surface area contributed by atoms with Crippen molar-refractivity contribution in [2.75, 3.05) is 17.9 Å². The fourth-order valence-electron chi connectivity index (χ4n) is 3.24. The van der Waals surface area contributed by atoms with E-state index in [9.17, 15) is 18.3 Å². The topological polar surface area (TPSA) is 86.7 Å². The van der Waals surface area contributed by atoms with Crippen LogP contribution in [0.5, 0.6) is 0 Å². The summed E-state index contributed by atoms with van der Waals surface area (Å²) < 4.78 is 28.5. The zero-order chi connectivity index (χ0) is 22.4. The fraction of sp³-hybridized carbons (Fsp3) is 0.208. The number of anilines is 1. The van der Waals surface area contributed by atoms with Crippen molar-refractivity contribution in [3.05, 3.63) is 95.1 Å². The molecule has 7 heteroatoms. The Hall–Kier alpha value is -3.16. The van der Waals surface area contributed by atoms with Crippen LogP contribution in [0.3, 0.4) is 0 Å². The lowest BCUT2D eigenvalue weighted by Crippen LogP contribution is -2.33. The van der Waals surface area contributed by atoms with Crippen LogP contribution in [-0.4, -0.2) is 37.5 Å². The van der Waals surface area contributed by atoms with Gasteiger partial charge in [0.05, 0.1) is 17.2 Å². The van der Waals surface area contributed by atoms with Crippen molar-refractivity contribution < 1.29 is 18.3 Å². The summed E-state index contributed by atoms with van der Waals surface area (Å²) in [6.07, 6.45) is 0. The molecule has 0 spiro atoms. The van der Waals surface area contributed by atoms with Crippen LogP contribution in [0.15, 0.2) is 77.7 Å². The standard InChI is InChI=1S/C24H26N2O4S/c1-18-12-13-21(31(29,30)25-23-11-7-6-8-19(23)2)16-22(18)24(28)26(14-15-27)17-20-9-4-3-5-10-20/h3-13,16,25,27H,14-15,17H2,1-2H3. The number of rotatable bonds is 8. The maximum Gasteiger partial charge on any atom is 0.261 e. The lowest BCUT2D eigenvalue weighted by molar-refractivity contribution is 0.0707. The van der Waals surface area contributed by atoms with Gasteiger partial charge < -0.3 is 10.0 Å². The summed E-state index contributed by atoms with van der Waals surface area (Å²) in [5, 5.41) is 9.45. The predicted molar refractivity (Wildman–Crippen MR) is 121 cm³/mol. The molecule has 3 rings (SSSR count). The highest BCUT2D eigenvalue weighted by Gasteiger charge is 2.22. The van der Waals surface area contributed by atoms with Gasteiger partial charge in [-0.25, -0.2) is 8.42 Å². The molecule has 0 aliphatic rings. The third kappa shape index (κ3) is 5.51. The molecule has 0 aliphatic carbocycles. The molecule has 3 aromatic rings. The highest BCUT2D eigenvalue weighted by molar-refractivity contribution is 7.92. The minimum absolute atomic E-state index is 0.00774. The zero-order valence-corrected chi connectivity index (χ0v) is 18.4. The van der Waals surface area contributed by atoms with Crippen molar-refractivity contribution in [2.24, 2.45) is 0 Å². The second-order valence-electron chi connectivity index (χ2n) is 7.33. The van der Waals surface area contributed by atoms with Gasteiger partial charge in [0.25, 0.3) is 15.9 Å². The van der Waals surface area contributed by atoms with E-state index in [0.717, 1.165) is 11.1 Å². The minimum Gasteiger partial charge on any atom is -0.395 e.